The molecule has 0 spiro atoms. The number of aliphatic hydroxyl groups is 1. The maximum Gasteiger partial charge on any atom is 0.134 e. The normalized spacial score (nSPS) is 17.9. The molecule has 0 radical (unpaired) electrons. The van der Waals surface area contributed by atoms with E-state index in [0.29, 0.717) is 5.92 Å². The Labute approximate surface area is 110 Å². The first-order valence-corrected chi connectivity index (χ1v) is 6.77. The van der Waals surface area contributed by atoms with Gasteiger partial charge in [0.25, 0.3) is 0 Å². The molecule has 17 heavy (non-hydrogen) atoms. The number of nitrogens with zero attached hydrogens (tertiary/aromatic N) is 2. The average Bonchev–Trinajstić information content (AvgIpc) is 2.22. The van der Waals surface area contributed by atoms with Crippen LogP contribution in [0, 0.1) is 0 Å². The molecule has 1 aliphatic carbocycles. The summed E-state index contributed by atoms with van der Waals surface area (Å²) in [4.78, 5) is 8.82. The van der Waals surface area contributed by atoms with E-state index in [0.717, 1.165) is 35.5 Å². The molecule has 4 nitrogen and oxygen atoms in total. The van der Waals surface area contributed by atoms with Crippen LogP contribution in [0.25, 0.3) is 0 Å². The van der Waals surface area contributed by atoms with Crippen LogP contribution in [0.4, 0.5) is 5.82 Å². The molecule has 0 bridgehead atoms. The molecule has 1 saturated carbocycles. The van der Waals surface area contributed by atoms with E-state index < -0.39 is 0 Å². The van der Waals surface area contributed by atoms with Crippen LogP contribution in [0.1, 0.15) is 44.9 Å². The summed E-state index contributed by atoms with van der Waals surface area (Å²) in [5.41, 5.74) is -0.165. The van der Waals surface area contributed by atoms with Crippen molar-refractivity contribution >= 4 is 21.7 Å². The Balaban J connectivity index is 2.20. The summed E-state index contributed by atoms with van der Waals surface area (Å²) in [6.45, 7) is 4.29. The first-order valence-electron chi connectivity index (χ1n) is 5.98. The van der Waals surface area contributed by atoms with E-state index in [9.17, 15) is 5.11 Å². The van der Waals surface area contributed by atoms with Crippen LogP contribution in [-0.4, -0.2) is 27.2 Å². The third-order valence-electron chi connectivity index (χ3n) is 3.24. The van der Waals surface area contributed by atoms with Crippen LogP contribution < -0.4 is 5.32 Å². The predicted molar refractivity (Wildman–Crippen MR) is 71.1 cm³/mol. The van der Waals surface area contributed by atoms with Crippen LogP contribution in [-0.2, 0) is 0 Å². The van der Waals surface area contributed by atoms with Crippen LogP contribution >= 0.6 is 15.9 Å². The van der Waals surface area contributed by atoms with Gasteiger partial charge in [0.2, 0.25) is 0 Å². The zero-order chi connectivity index (χ0) is 12.5. The summed E-state index contributed by atoms with van der Waals surface area (Å²) in [6.07, 6.45) is 3.17. The molecule has 1 fully saturated rings. The minimum absolute atomic E-state index is 0.158. The summed E-state index contributed by atoms with van der Waals surface area (Å²) < 4.78 is 0.783. The third kappa shape index (κ3) is 2.77. The smallest absolute Gasteiger partial charge is 0.134 e. The van der Waals surface area contributed by atoms with E-state index in [4.69, 9.17) is 0 Å². The van der Waals surface area contributed by atoms with Gasteiger partial charge in [-0.05, 0) is 35.2 Å². The second-order valence-corrected chi connectivity index (χ2v) is 5.82. The number of halogens is 1. The molecule has 1 heterocycles. The topological polar surface area (TPSA) is 58.0 Å². The van der Waals surface area contributed by atoms with Gasteiger partial charge in [0.1, 0.15) is 16.2 Å². The molecule has 0 aliphatic heterocycles. The molecule has 0 unspecified atom stereocenters. The summed E-state index contributed by atoms with van der Waals surface area (Å²) in [7, 11) is 0. The molecule has 0 saturated heterocycles. The molecule has 0 atom stereocenters. The summed E-state index contributed by atoms with van der Waals surface area (Å²) in [5.74, 6) is 1.90. The van der Waals surface area contributed by atoms with Gasteiger partial charge < -0.3 is 10.4 Å². The first-order chi connectivity index (χ1) is 8.04. The molecule has 1 aromatic heterocycles. The Hall–Kier alpha value is -0.680. The summed E-state index contributed by atoms with van der Waals surface area (Å²) in [6, 6.07) is 1.86. The van der Waals surface area contributed by atoms with Crippen molar-refractivity contribution in [1.82, 2.24) is 9.97 Å². The van der Waals surface area contributed by atoms with Gasteiger partial charge in [-0.3, -0.25) is 0 Å². The highest BCUT2D eigenvalue weighted by molar-refractivity contribution is 9.10. The summed E-state index contributed by atoms with van der Waals surface area (Å²) >= 11 is 3.40. The van der Waals surface area contributed by atoms with Crippen LogP contribution in [0.15, 0.2) is 10.7 Å². The van der Waals surface area contributed by atoms with Crippen molar-refractivity contribution in [2.24, 2.45) is 0 Å². The van der Waals surface area contributed by atoms with E-state index in [2.05, 4.69) is 45.1 Å². The van der Waals surface area contributed by atoms with Gasteiger partial charge in [-0.15, -0.1) is 0 Å². The molecule has 1 aromatic rings. The van der Waals surface area contributed by atoms with Crippen molar-refractivity contribution in [3.05, 3.63) is 16.5 Å². The van der Waals surface area contributed by atoms with Gasteiger partial charge in [-0.25, -0.2) is 9.97 Å². The van der Waals surface area contributed by atoms with Gasteiger partial charge in [0.05, 0.1) is 12.1 Å². The van der Waals surface area contributed by atoms with Crippen LogP contribution in [0.2, 0.25) is 0 Å². The van der Waals surface area contributed by atoms with Crippen molar-refractivity contribution in [3.8, 4) is 0 Å². The Morgan fingerprint density at radius 3 is 2.65 bits per heavy atom. The monoisotopic (exact) mass is 299 g/mol. The summed E-state index contributed by atoms with van der Waals surface area (Å²) in [5, 5.41) is 12.8. The van der Waals surface area contributed by atoms with E-state index >= 15 is 0 Å². The predicted octanol–water partition coefficient (Wildman–Crippen LogP) is 2.69. The van der Waals surface area contributed by atoms with Crippen molar-refractivity contribution in [2.75, 3.05) is 11.9 Å². The highest BCUT2D eigenvalue weighted by Gasteiger charge is 2.36. The van der Waals surface area contributed by atoms with E-state index in [-0.39, 0.29) is 12.1 Å². The zero-order valence-corrected chi connectivity index (χ0v) is 11.8. The van der Waals surface area contributed by atoms with E-state index in [1.165, 1.54) is 0 Å². The zero-order valence-electron chi connectivity index (χ0n) is 10.2. The number of anilines is 1. The van der Waals surface area contributed by atoms with Crippen LogP contribution in [0.3, 0.4) is 0 Å². The molecule has 5 heteroatoms. The average molecular weight is 300 g/mol. The second-order valence-electron chi connectivity index (χ2n) is 5.01. The molecule has 2 rings (SSSR count). The fourth-order valence-electron chi connectivity index (χ4n) is 1.96. The van der Waals surface area contributed by atoms with Gasteiger partial charge in [-0.1, -0.05) is 13.8 Å². The lowest BCUT2D eigenvalue weighted by Crippen LogP contribution is -2.48. The number of nitrogens with one attached hydrogen (secondary N) is 1. The van der Waals surface area contributed by atoms with Crippen LogP contribution in [0.5, 0.6) is 0 Å². The maximum atomic E-state index is 9.43. The van der Waals surface area contributed by atoms with Gasteiger partial charge in [0.15, 0.2) is 0 Å². The second kappa shape index (κ2) is 4.90. The Kier molecular flexibility index (Phi) is 3.68. The fourth-order valence-corrected chi connectivity index (χ4v) is 2.35. The fraction of sp³-hybridized carbons (Fsp3) is 0.667. The Morgan fingerprint density at radius 1 is 1.47 bits per heavy atom. The molecule has 0 aromatic carbocycles. The highest BCUT2D eigenvalue weighted by atomic mass is 79.9. The SMILES string of the molecule is CC(C)c1nc(Br)cc(NC2(CO)CCC2)n1. The molecule has 94 valence electrons. The minimum Gasteiger partial charge on any atom is -0.394 e. The molecule has 1 aliphatic rings. The molecule has 0 amide bonds. The van der Waals surface area contributed by atoms with E-state index in [1.807, 2.05) is 6.07 Å². The molecular formula is C12H18BrN3O. The Bertz CT molecular complexity index is 399. The largest absolute Gasteiger partial charge is 0.394 e. The van der Waals surface area contributed by atoms with Crippen molar-refractivity contribution in [2.45, 2.75) is 44.6 Å². The molecular weight excluding hydrogens is 282 g/mol. The number of hydrogen-bond acceptors (Lipinski definition) is 4. The molecule has 2 N–H and O–H groups in total. The van der Waals surface area contributed by atoms with Gasteiger partial charge in [-0.2, -0.15) is 0 Å². The number of hydrogen-bond donors (Lipinski definition) is 2. The van der Waals surface area contributed by atoms with Crippen molar-refractivity contribution < 1.29 is 5.11 Å². The number of aromatic nitrogens is 2. The quantitative estimate of drug-likeness (QED) is 0.839. The lowest BCUT2D eigenvalue weighted by Gasteiger charge is -2.41. The minimum atomic E-state index is -0.165. The van der Waals surface area contributed by atoms with E-state index in [1.54, 1.807) is 0 Å². The third-order valence-corrected chi connectivity index (χ3v) is 3.64. The Morgan fingerprint density at radius 2 is 2.18 bits per heavy atom. The van der Waals surface area contributed by atoms with Crippen molar-refractivity contribution in [1.29, 1.82) is 0 Å². The number of aliphatic hydroxyl groups excluding tert-OH is 1. The van der Waals surface area contributed by atoms with Gasteiger partial charge in [0, 0.05) is 12.0 Å². The lowest BCUT2D eigenvalue weighted by atomic mass is 9.77. The first kappa shape index (κ1) is 12.8. The lowest BCUT2D eigenvalue weighted by molar-refractivity contribution is 0.143. The highest BCUT2D eigenvalue weighted by Crippen LogP contribution is 2.34. The van der Waals surface area contributed by atoms with Crippen molar-refractivity contribution in [3.63, 3.8) is 0 Å². The maximum absolute atomic E-state index is 9.43. The number of rotatable bonds is 4. The van der Waals surface area contributed by atoms with Gasteiger partial charge >= 0.3 is 0 Å². The standard InChI is InChI=1S/C12H18BrN3O/c1-8(2)11-14-9(13)6-10(15-11)16-12(7-17)4-3-5-12/h6,8,17H,3-5,7H2,1-2H3,(H,14,15,16).